The second-order valence-electron chi connectivity index (χ2n) is 6.25. The van der Waals surface area contributed by atoms with Gasteiger partial charge in [0.1, 0.15) is 0 Å². The Morgan fingerprint density at radius 1 is 1.28 bits per heavy atom. The maximum absolute atomic E-state index is 11.6. The molecule has 1 heterocycles. The number of hydrogen-bond acceptors (Lipinski definition) is 4. The first-order valence-electron chi connectivity index (χ1n) is 7.03. The summed E-state index contributed by atoms with van der Waals surface area (Å²) >= 11 is 0. The van der Waals surface area contributed by atoms with Gasteiger partial charge in [-0.3, -0.25) is 0 Å². The normalized spacial score (nSPS) is 40.6. The molecule has 2 fully saturated rings. The highest BCUT2D eigenvalue weighted by atomic mass is 32.2. The van der Waals surface area contributed by atoms with E-state index >= 15 is 0 Å². The van der Waals surface area contributed by atoms with Crippen molar-refractivity contribution in [1.82, 2.24) is 5.32 Å². The molecule has 5 heteroatoms. The molecular weight excluding hydrogens is 250 g/mol. The number of aliphatic hydroxyl groups is 1. The third-order valence-corrected chi connectivity index (χ3v) is 6.36. The molecule has 4 nitrogen and oxygen atoms in total. The first-order valence-corrected chi connectivity index (χ1v) is 8.85. The minimum Gasteiger partial charge on any atom is -0.393 e. The molecule has 1 saturated carbocycles. The minimum absolute atomic E-state index is 0.0784. The molecule has 0 spiro atoms. The zero-order valence-corrected chi connectivity index (χ0v) is 12.0. The average molecular weight is 275 g/mol. The van der Waals surface area contributed by atoms with Crippen LogP contribution < -0.4 is 5.32 Å². The van der Waals surface area contributed by atoms with Crippen molar-refractivity contribution in [3.05, 3.63) is 0 Å². The van der Waals surface area contributed by atoms with Gasteiger partial charge >= 0.3 is 0 Å². The second-order valence-corrected chi connectivity index (χ2v) is 8.48. The Bertz CT molecular complexity index is 382. The van der Waals surface area contributed by atoms with E-state index in [2.05, 4.69) is 12.2 Å². The van der Waals surface area contributed by atoms with Crippen molar-refractivity contribution in [2.24, 2.45) is 5.41 Å². The van der Waals surface area contributed by atoms with E-state index in [-0.39, 0.29) is 23.3 Å². The zero-order valence-electron chi connectivity index (χ0n) is 11.2. The van der Waals surface area contributed by atoms with E-state index in [9.17, 15) is 13.5 Å². The predicted octanol–water partition coefficient (Wildman–Crippen LogP) is 1.09. The lowest BCUT2D eigenvalue weighted by molar-refractivity contribution is -0.0000942. The smallest absolute Gasteiger partial charge is 0.151 e. The van der Waals surface area contributed by atoms with E-state index in [0.29, 0.717) is 5.75 Å². The molecule has 3 atom stereocenters. The molecule has 0 aromatic rings. The Labute approximate surface area is 110 Å². The van der Waals surface area contributed by atoms with Gasteiger partial charge in [0.2, 0.25) is 0 Å². The van der Waals surface area contributed by atoms with Crippen molar-refractivity contribution < 1.29 is 13.5 Å². The van der Waals surface area contributed by atoms with E-state index in [1.54, 1.807) is 0 Å². The molecule has 2 rings (SSSR count). The van der Waals surface area contributed by atoms with Gasteiger partial charge in [0.15, 0.2) is 9.84 Å². The van der Waals surface area contributed by atoms with Crippen LogP contribution >= 0.6 is 0 Å². The molecule has 2 aliphatic rings. The van der Waals surface area contributed by atoms with E-state index in [1.165, 1.54) is 0 Å². The molecule has 0 aromatic heterocycles. The quantitative estimate of drug-likeness (QED) is 0.809. The van der Waals surface area contributed by atoms with Gasteiger partial charge in [0.25, 0.3) is 0 Å². The lowest BCUT2D eigenvalue weighted by Crippen LogP contribution is -2.49. The number of hydrogen-bond donors (Lipinski definition) is 2. The highest BCUT2D eigenvalue weighted by Crippen LogP contribution is 2.35. The van der Waals surface area contributed by atoms with E-state index in [1.807, 2.05) is 0 Å². The number of aliphatic hydroxyl groups excluding tert-OH is 1. The zero-order chi connectivity index (χ0) is 13.2. The molecular formula is C13H25NO3S. The van der Waals surface area contributed by atoms with Crippen LogP contribution in [0.25, 0.3) is 0 Å². The van der Waals surface area contributed by atoms with Gasteiger partial charge < -0.3 is 10.4 Å². The molecule has 1 aliphatic carbocycles. The Kier molecular flexibility index (Phi) is 4.34. The van der Waals surface area contributed by atoms with Crippen LogP contribution in [0.1, 0.15) is 45.4 Å². The molecule has 0 bridgehead atoms. The maximum atomic E-state index is 11.6. The fourth-order valence-corrected chi connectivity index (χ4v) is 4.82. The topological polar surface area (TPSA) is 66.4 Å². The number of rotatable bonds is 3. The van der Waals surface area contributed by atoms with Crippen LogP contribution in [-0.4, -0.2) is 43.7 Å². The largest absolute Gasteiger partial charge is 0.393 e. The average Bonchev–Trinajstić information content (AvgIpc) is 2.30. The van der Waals surface area contributed by atoms with E-state index < -0.39 is 9.84 Å². The minimum atomic E-state index is -2.84. The third kappa shape index (κ3) is 3.45. The van der Waals surface area contributed by atoms with Crippen LogP contribution in [0.5, 0.6) is 0 Å². The summed E-state index contributed by atoms with van der Waals surface area (Å²) in [5.74, 6) is 0.601. The van der Waals surface area contributed by atoms with Crippen LogP contribution in [-0.2, 0) is 9.84 Å². The van der Waals surface area contributed by atoms with Gasteiger partial charge in [-0.2, -0.15) is 0 Å². The predicted molar refractivity (Wildman–Crippen MR) is 72.3 cm³/mol. The molecule has 0 amide bonds. The lowest BCUT2D eigenvalue weighted by atomic mass is 9.73. The van der Waals surface area contributed by atoms with Crippen LogP contribution in [0.2, 0.25) is 0 Å². The Morgan fingerprint density at radius 3 is 2.72 bits per heavy atom. The fourth-order valence-electron chi connectivity index (χ4n) is 3.15. The summed E-state index contributed by atoms with van der Waals surface area (Å²) in [6, 6.07) is 0.0784. The number of nitrogens with one attached hydrogen (secondary N) is 1. The lowest BCUT2D eigenvalue weighted by Gasteiger charge is -2.40. The summed E-state index contributed by atoms with van der Waals surface area (Å²) in [7, 11) is -2.84. The van der Waals surface area contributed by atoms with Crippen LogP contribution in [0.3, 0.4) is 0 Å². The molecule has 2 N–H and O–H groups in total. The van der Waals surface area contributed by atoms with Crippen molar-refractivity contribution in [2.45, 2.75) is 57.6 Å². The molecule has 106 valence electrons. The summed E-state index contributed by atoms with van der Waals surface area (Å²) in [5, 5.41) is 13.5. The Morgan fingerprint density at radius 2 is 2.06 bits per heavy atom. The molecule has 0 radical (unpaired) electrons. The third-order valence-electron chi connectivity index (χ3n) is 4.54. The van der Waals surface area contributed by atoms with E-state index in [0.717, 1.165) is 45.1 Å². The number of sulfone groups is 1. The van der Waals surface area contributed by atoms with Crippen LogP contribution in [0.4, 0.5) is 0 Å². The molecule has 0 aromatic carbocycles. The van der Waals surface area contributed by atoms with Crippen LogP contribution in [0, 0.1) is 5.41 Å². The van der Waals surface area contributed by atoms with Gasteiger partial charge in [-0.1, -0.05) is 19.8 Å². The molecule has 1 aliphatic heterocycles. The van der Waals surface area contributed by atoms with Crippen LogP contribution in [0.15, 0.2) is 0 Å². The van der Waals surface area contributed by atoms with Crippen molar-refractivity contribution in [1.29, 1.82) is 0 Å². The maximum Gasteiger partial charge on any atom is 0.151 e. The standard InChI is InChI=1S/C13H25NO3S/c1-13(7-3-2-6-12(13)15)10-14-11-5-4-8-18(16,17)9-11/h11-12,14-15H,2-10H2,1H3. The Balaban J connectivity index is 1.87. The van der Waals surface area contributed by atoms with Crippen molar-refractivity contribution in [3.63, 3.8) is 0 Å². The molecule has 3 unspecified atom stereocenters. The Hall–Kier alpha value is -0.130. The van der Waals surface area contributed by atoms with E-state index in [4.69, 9.17) is 0 Å². The summed E-state index contributed by atoms with van der Waals surface area (Å²) in [4.78, 5) is 0. The SMILES string of the molecule is CC1(CNC2CCCS(=O)(=O)C2)CCCCC1O. The summed E-state index contributed by atoms with van der Waals surface area (Å²) in [6.07, 6.45) is 5.62. The second kappa shape index (κ2) is 5.47. The van der Waals surface area contributed by atoms with Gasteiger partial charge in [0, 0.05) is 18.0 Å². The van der Waals surface area contributed by atoms with Gasteiger partial charge in [-0.15, -0.1) is 0 Å². The van der Waals surface area contributed by atoms with Crippen molar-refractivity contribution in [3.8, 4) is 0 Å². The highest BCUT2D eigenvalue weighted by molar-refractivity contribution is 7.91. The highest BCUT2D eigenvalue weighted by Gasteiger charge is 2.36. The first-order chi connectivity index (χ1) is 8.41. The summed E-state index contributed by atoms with van der Waals surface area (Å²) in [5.41, 5.74) is -0.0839. The van der Waals surface area contributed by atoms with Gasteiger partial charge in [-0.25, -0.2) is 8.42 Å². The monoisotopic (exact) mass is 275 g/mol. The summed E-state index contributed by atoms with van der Waals surface area (Å²) < 4.78 is 23.1. The van der Waals surface area contributed by atoms with Crippen molar-refractivity contribution >= 4 is 9.84 Å². The first kappa shape index (κ1) is 14.3. The van der Waals surface area contributed by atoms with Gasteiger partial charge in [0.05, 0.1) is 17.6 Å². The van der Waals surface area contributed by atoms with Crippen molar-refractivity contribution in [2.75, 3.05) is 18.1 Å². The summed E-state index contributed by atoms with van der Waals surface area (Å²) in [6.45, 7) is 2.84. The molecule has 18 heavy (non-hydrogen) atoms. The fraction of sp³-hybridized carbons (Fsp3) is 1.00. The molecule has 1 saturated heterocycles. The van der Waals surface area contributed by atoms with Gasteiger partial charge in [-0.05, 0) is 25.7 Å².